The summed E-state index contributed by atoms with van der Waals surface area (Å²) in [5.41, 5.74) is 1.41. The molecule has 1 aromatic rings. The van der Waals surface area contributed by atoms with Crippen LogP contribution in [0.5, 0.6) is 5.75 Å². The van der Waals surface area contributed by atoms with Gasteiger partial charge in [-0.25, -0.2) is 0 Å². The molecule has 1 aromatic carbocycles. The van der Waals surface area contributed by atoms with Crippen molar-refractivity contribution in [1.82, 2.24) is 9.80 Å². The fourth-order valence-corrected chi connectivity index (χ4v) is 3.77. The summed E-state index contributed by atoms with van der Waals surface area (Å²) in [5, 5.41) is 9.45. The van der Waals surface area contributed by atoms with E-state index in [9.17, 15) is 19.5 Å². The Morgan fingerprint density at radius 1 is 1.24 bits per heavy atom. The van der Waals surface area contributed by atoms with Gasteiger partial charge in [-0.1, -0.05) is 11.6 Å². The van der Waals surface area contributed by atoms with Crippen LogP contribution < -0.4 is 0 Å². The van der Waals surface area contributed by atoms with Crippen molar-refractivity contribution in [2.45, 2.75) is 26.2 Å². The van der Waals surface area contributed by atoms with Crippen LogP contribution in [0.4, 0.5) is 4.79 Å². The van der Waals surface area contributed by atoms with E-state index < -0.39 is 11.1 Å². The summed E-state index contributed by atoms with van der Waals surface area (Å²) in [5.74, 6) is -0.635. The molecule has 2 heterocycles. The van der Waals surface area contributed by atoms with E-state index in [4.69, 9.17) is 0 Å². The Labute approximate surface area is 150 Å². The van der Waals surface area contributed by atoms with Crippen molar-refractivity contribution in [3.63, 3.8) is 0 Å². The number of rotatable bonds is 3. The zero-order chi connectivity index (χ0) is 18.0. The van der Waals surface area contributed by atoms with Crippen molar-refractivity contribution in [2.75, 3.05) is 19.6 Å². The van der Waals surface area contributed by atoms with Gasteiger partial charge in [0.2, 0.25) is 5.91 Å². The van der Waals surface area contributed by atoms with Gasteiger partial charge < -0.3 is 10.0 Å². The molecule has 0 aromatic heterocycles. The van der Waals surface area contributed by atoms with Gasteiger partial charge in [0.05, 0.1) is 4.91 Å². The molecular weight excluding hydrogens is 340 g/mol. The number of carbonyl (C=O) groups is 3. The van der Waals surface area contributed by atoms with Crippen molar-refractivity contribution in [3.05, 3.63) is 34.2 Å². The lowest BCUT2D eigenvalue weighted by Crippen LogP contribution is -2.44. The van der Waals surface area contributed by atoms with Gasteiger partial charge in [-0.15, -0.1) is 0 Å². The van der Waals surface area contributed by atoms with E-state index in [1.807, 2.05) is 6.92 Å². The Hall–Kier alpha value is -2.28. The van der Waals surface area contributed by atoms with Crippen molar-refractivity contribution >= 4 is 34.9 Å². The molecule has 1 N–H and O–H groups in total. The Bertz CT molecular complexity index is 753. The minimum atomic E-state index is -0.485. The molecular formula is C18H20N2O4S. The number of phenols is 1. The lowest BCUT2D eigenvalue weighted by Gasteiger charge is -2.27. The Balaban J connectivity index is 1.74. The van der Waals surface area contributed by atoms with Gasteiger partial charge in [-0.2, -0.15) is 0 Å². The van der Waals surface area contributed by atoms with Gasteiger partial charge in [0, 0.05) is 18.7 Å². The maximum atomic E-state index is 12.5. The van der Waals surface area contributed by atoms with Crippen LogP contribution in [0.2, 0.25) is 0 Å². The van der Waals surface area contributed by atoms with E-state index in [1.54, 1.807) is 23.1 Å². The van der Waals surface area contributed by atoms with Crippen LogP contribution >= 0.6 is 11.8 Å². The average Bonchev–Trinajstić information content (AvgIpc) is 2.86. The number of hydrogen-bond acceptors (Lipinski definition) is 5. The highest BCUT2D eigenvalue weighted by Gasteiger charge is 2.37. The van der Waals surface area contributed by atoms with Gasteiger partial charge in [0.15, 0.2) is 0 Å². The molecule has 132 valence electrons. The number of imide groups is 1. The van der Waals surface area contributed by atoms with Crippen LogP contribution in [0.15, 0.2) is 23.1 Å². The summed E-state index contributed by atoms with van der Waals surface area (Å²) in [4.78, 5) is 39.9. The predicted molar refractivity (Wildman–Crippen MR) is 96.0 cm³/mol. The van der Waals surface area contributed by atoms with Crippen molar-refractivity contribution in [3.8, 4) is 5.75 Å². The summed E-state index contributed by atoms with van der Waals surface area (Å²) in [6, 6.07) is 5.04. The second-order valence-electron chi connectivity index (χ2n) is 6.27. The maximum Gasteiger partial charge on any atom is 0.294 e. The number of piperidine rings is 1. The standard InChI is InChI=1S/C18H20N2O4S/c1-12-5-6-14(21)13(9-12)10-15-17(23)20(18(24)25-15)11-16(22)19-7-3-2-4-8-19/h5-6,9-10,21H,2-4,7-8,11H2,1H3/b15-10-. The minimum absolute atomic E-state index is 0.0433. The molecule has 2 fully saturated rings. The summed E-state index contributed by atoms with van der Waals surface area (Å²) in [7, 11) is 0. The fraction of sp³-hybridized carbons (Fsp3) is 0.389. The van der Waals surface area contributed by atoms with Crippen LogP contribution in [0.1, 0.15) is 30.4 Å². The van der Waals surface area contributed by atoms with E-state index in [0.29, 0.717) is 18.7 Å². The largest absolute Gasteiger partial charge is 0.507 e. The van der Waals surface area contributed by atoms with E-state index in [0.717, 1.165) is 41.5 Å². The zero-order valence-electron chi connectivity index (χ0n) is 14.0. The first-order valence-electron chi connectivity index (χ1n) is 8.28. The number of phenolic OH excluding ortho intramolecular Hbond substituents is 1. The van der Waals surface area contributed by atoms with Crippen molar-refractivity contribution in [2.24, 2.45) is 0 Å². The highest BCUT2D eigenvalue weighted by molar-refractivity contribution is 8.18. The van der Waals surface area contributed by atoms with Crippen molar-refractivity contribution < 1.29 is 19.5 Å². The molecule has 7 heteroatoms. The average molecular weight is 360 g/mol. The first kappa shape index (κ1) is 17.5. The molecule has 3 amide bonds. The SMILES string of the molecule is Cc1ccc(O)c(/C=C2\SC(=O)N(CC(=O)N3CCCCC3)C2=O)c1. The Kier molecular flexibility index (Phi) is 5.13. The van der Waals surface area contributed by atoms with E-state index >= 15 is 0 Å². The topological polar surface area (TPSA) is 77.9 Å². The summed E-state index contributed by atoms with van der Waals surface area (Å²) in [6.07, 6.45) is 4.52. The summed E-state index contributed by atoms with van der Waals surface area (Å²) < 4.78 is 0. The molecule has 0 bridgehead atoms. The van der Waals surface area contributed by atoms with Gasteiger partial charge >= 0.3 is 0 Å². The molecule has 0 unspecified atom stereocenters. The zero-order valence-corrected chi connectivity index (χ0v) is 14.8. The molecule has 0 spiro atoms. The number of amides is 3. The van der Waals surface area contributed by atoms with Gasteiger partial charge in [0.1, 0.15) is 12.3 Å². The molecule has 0 saturated carbocycles. The minimum Gasteiger partial charge on any atom is -0.507 e. The highest BCUT2D eigenvalue weighted by Crippen LogP contribution is 2.34. The maximum absolute atomic E-state index is 12.5. The van der Waals surface area contributed by atoms with Crippen LogP contribution in [-0.4, -0.2) is 51.6 Å². The molecule has 2 aliphatic heterocycles. The fourth-order valence-electron chi connectivity index (χ4n) is 2.95. The lowest BCUT2D eigenvalue weighted by atomic mass is 10.1. The number of nitrogens with zero attached hydrogens (tertiary/aromatic N) is 2. The second kappa shape index (κ2) is 7.31. The molecule has 0 aliphatic carbocycles. The van der Waals surface area contributed by atoms with Gasteiger partial charge in [-0.3, -0.25) is 19.3 Å². The predicted octanol–water partition coefficient (Wildman–Crippen LogP) is 2.75. The summed E-state index contributed by atoms with van der Waals surface area (Å²) >= 11 is 0.797. The van der Waals surface area contributed by atoms with E-state index in [2.05, 4.69) is 0 Å². The first-order valence-corrected chi connectivity index (χ1v) is 9.10. The number of benzene rings is 1. The lowest BCUT2D eigenvalue weighted by molar-refractivity contribution is -0.136. The first-order chi connectivity index (χ1) is 12.0. The smallest absolute Gasteiger partial charge is 0.294 e. The number of hydrogen-bond donors (Lipinski definition) is 1. The normalized spacial score (nSPS) is 19.8. The molecule has 0 radical (unpaired) electrons. The number of carbonyl (C=O) groups excluding carboxylic acids is 3. The molecule has 25 heavy (non-hydrogen) atoms. The van der Waals surface area contributed by atoms with Gasteiger partial charge in [0.25, 0.3) is 11.1 Å². The molecule has 2 aliphatic rings. The third kappa shape index (κ3) is 3.87. The number of likely N-dealkylation sites (tertiary alicyclic amines) is 1. The third-order valence-corrected chi connectivity index (χ3v) is 5.25. The highest BCUT2D eigenvalue weighted by atomic mass is 32.2. The molecule has 0 atom stereocenters. The number of aryl methyl sites for hydroxylation is 1. The molecule has 6 nitrogen and oxygen atoms in total. The van der Waals surface area contributed by atoms with Crippen molar-refractivity contribution in [1.29, 1.82) is 0 Å². The quantitative estimate of drug-likeness (QED) is 0.839. The monoisotopic (exact) mass is 360 g/mol. The molecule has 2 saturated heterocycles. The van der Waals surface area contributed by atoms with Crippen LogP contribution in [-0.2, 0) is 9.59 Å². The number of thioether (sulfide) groups is 1. The van der Waals surface area contributed by atoms with E-state index in [-0.39, 0.29) is 23.1 Å². The summed E-state index contributed by atoms with van der Waals surface area (Å²) in [6.45, 7) is 3.02. The Morgan fingerprint density at radius 2 is 1.96 bits per heavy atom. The Morgan fingerprint density at radius 3 is 2.68 bits per heavy atom. The van der Waals surface area contributed by atoms with Crippen LogP contribution in [0, 0.1) is 6.92 Å². The number of aromatic hydroxyl groups is 1. The third-order valence-electron chi connectivity index (χ3n) is 4.35. The van der Waals surface area contributed by atoms with Crippen LogP contribution in [0.25, 0.3) is 6.08 Å². The van der Waals surface area contributed by atoms with Gasteiger partial charge in [-0.05, 0) is 56.2 Å². The van der Waals surface area contributed by atoms with Crippen LogP contribution in [0.3, 0.4) is 0 Å². The van der Waals surface area contributed by atoms with E-state index in [1.165, 1.54) is 6.08 Å². The molecule has 3 rings (SSSR count). The second-order valence-corrected chi connectivity index (χ2v) is 7.26.